The minimum absolute atomic E-state index is 0.139. The molecule has 3 N–H and O–H groups in total. The molecule has 0 heterocycles. The first-order valence-electron chi connectivity index (χ1n) is 8.96. The fourth-order valence-electron chi connectivity index (χ4n) is 3.34. The van der Waals surface area contributed by atoms with E-state index >= 15 is 0 Å². The van der Waals surface area contributed by atoms with E-state index in [0.29, 0.717) is 16.7 Å². The molecule has 0 saturated carbocycles. The van der Waals surface area contributed by atoms with Gasteiger partial charge in [-0.25, -0.2) is 0 Å². The molecule has 0 spiro atoms. The Labute approximate surface area is 154 Å². The predicted octanol–water partition coefficient (Wildman–Crippen LogP) is 5.11. The van der Waals surface area contributed by atoms with Gasteiger partial charge >= 0.3 is 0 Å². The van der Waals surface area contributed by atoms with E-state index in [1.165, 1.54) is 0 Å². The van der Waals surface area contributed by atoms with Crippen molar-refractivity contribution in [3.8, 4) is 17.2 Å². The number of para-hydroxylation sites is 1. The molecule has 0 amide bonds. The average molecular weight is 348 g/mol. The lowest BCUT2D eigenvalue weighted by Crippen LogP contribution is -2.06. The first-order chi connectivity index (χ1) is 12.5. The maximum atomic E-state index is 10.6. The van der Waals surface area contributed by atoms with Gasteiger partial charge in [-0.1, -0.05) is 56.3 Å². The van der Waals surface area contributed by atoms with Crippen LogP contribution in [0.15, 0.2) is 60.7 Å². The number of hydrogen-bond acceptors (Lipinski definition) is 3. The molecule has 3 rings (SSSR count). The summed E-state index contributed by atoms with van der Waals surface area (Å²) >= 11 is 0. The van der Waals surface area contributed by atoms with Crippen LogP contribution in [0.5, 0.6) is 17.2 Å². The number of aromatic hydroxyl groups is 3. The molecule has 0 aliphatic rings. The van der Waals surface area contributed by atoms with Crippen LogP contribution in [0.25, 0.3) is 0 Å². The van der Waals surface area contributed by atoms with Gasteiger partial charge in [0.1, 0.15) is 17.2 Å². The summed E-state index contributed by atoms with van der Waals surface area (Å²) in [5.74, 6) is -0.0252. The second-order valence-electron chi connectivity index (χ2n) is 6.49. The first kappa shape index (κ1) is 17.9. The predicted molar refractivity (Wildman–Crippen MR) is 104 cm³/mol. The van der Waals surface area contributed by atoms with Crippen LogP contribution in [-0.4, -0.2) is 15.3 Å². The lowest BCUT2D eigenvalue weighted by Gasteiger charge is -2.23. The van der Waals surface area contributed by atoms with Crippen LogP contribution in [0.3, 0.4) is 0 Å². The molecule has 3 nitrogen and oxygen atoms in total. The van der Waals surface area contributed by atoms with Gasteiger partial charge in [0.2, 0.25) is 0 Å². The second-order valence-corrected chi connectivity index (χ2v) is 6.49. The van der Waals surface area contributed by atoms with Crippen molar-refractivity contribution in [3.05, 3.63) is 88.5 Å². The molecule has 0 bridgehead atoms. The second kappa shape index (κ2) is 7.52. The van der Waals surface area contributed by atoms with Crippen molar-refractivity contribution in [3.63, 3.8) is 0 Å². The molecule has 0 aliphatic heterocycles. The Bertz CT molecular complexity index is 862. The zero-order valence-electron chi connectivity index (χ0n) is 15.1. The minimum atomic E-state index is -0.464. The highest BCUT2D eigenvalue weighted by Gasteiger charge is 2.25. The van der Waals surface area contributed by atoms with Crippen LogP contribution in [-0.2, 0) is 12.8 Å². The first-order valence-corrected chi connectivity index (χ1v) is 8.96. The molecule has 134 valence electrons. The summed E-state index contributed by atoms with van der Waals surface area (Å²) in [6.07, 6.45) is 1.67. The summed E-state index contributed by atoms with van der Waals surface area (Å²) < 4.78 is 0. The van der Waals surface area contributed by atoms with Crippen LogP contribution in [0.2, 0.25) is 0 Å². The fraction of sp³-hybridized carbons (Fsp3) is 0.217. The van der Waals surface area contributed by atoms with E-state index in [2.05, 4.69) is 13.8 Å². The molecule has 0 unspecified atom stereocenters. The Morgan fingerprint density at radius 2 is 1.08 bits per heavy atom. The Morgan fingerprint density at radius 1 is 0.615 bits per heavy atom. The molecule has 0 atom stereocenters. The van der Waals surface area contributed by atoms with Crippen LogP contribution < -0.4 is 0 Å². The zero-order chi connectivity index (χ0) is 18.7. The minimum Gasteiger partial charge on any atom is -0.508 e. The Hall–Kier alpha value is -2.94. The monoisotopic (exact) mass is 348 g/mol. The van der Waals surface area contributed by atoms with Gasteiger partial charge in [-0.3, -0.25) is 0 Å². The molecule has 3 aromatic rings. The van der Waals surface area contributed by atoms with Gasteiger partial charge < -0.3 is 15.3 Å². The zero-order valence-corrected chi connectivity index (χ0v) is 15.1. The lowest BCUT2D eigenvalue weighted by atomic mass is 9.82. The molecular weight excluding hydrogens is 324 g/mol. The Morgan fingerprint density at radius 3 is 1.54 bits per heavy atom. The maximum absolute atomic E-state index is 10.6. The van der Waals surface area contributed by atoms with Crippen molar-refractivity contribution in [2.24, 2.45) is 0 Å². The fourth-order valence-corrected chi connectivity index (χ4v) is 3.34. The van der Waals surface area contributed by atoms with Crippen LogP contribution >= 0.6 is 0 Å². The van der Waals surface area contributed by atoms with Crippen LogP contribution in [0.4, 0.5) is 0 Å². The van der Waals surface area contributed by atoms with Gasteiger partial charge in [0, 0.05) is 22.6 Å². The lowest BCUT2D eigenvalue weighted by molar-refractivity contribution is 0.450. The van der Waals surface area contributed by atoms with Gasteiger partial charge in [0.05, 0.1) is 0 Å². The summed E-state index contributed by atoms with van der Waals surface area (Å²) in [6, 6.07) is 18.1. The highest BCUT2D eigenvalue weighted by atomic mass is 16.3. The number of rotatable bonds is 5. The average Bonchev–Trinajstić information content (AvgIpc) is 2.66. The van der Waals surface area contributed by atoms with Crippen LogP contribution in [0, 0.1) is 0 Å². The molecule has 0 radical (unpaired) electrons. The summed E-state index contributed by atoms with van der Waals surface area (Å²) in [4.78, 5) is 0. The van der Waals surface area contributed by atoms with Crippen molar-refractivity contribution in [1.29, 1.82) is 0 Å². The standard InChI is InChI=1S/C23H24O3/c1-3-15-9-11-21(25)18(13-15)23(17-7-5-6-8-20(17)24)19-14-16(4-2)10-12-22(19)26/h5-14,23-26H,3-4H2,1-2H3. The molecule has 26 heavy (non-hydrogen) atoms. The van der Waals surface area contributed by atoms with Gasteiger partial charge in [0.15, 0.2) is 0 Å². The number of phenols is 3. The Balaban J connectivity index is 2.30. The highest BCUT2D eigenvalue weighted by Crippen LogP contribution is 2.43. The maximum Gasteiger partial charge on any atom is 0.119 e. The van der Waals surface area contributed by atoms with E-state index in [4.69, 9.17) is 0 Å². The highest BCUT2D eigenvalue weighted by molar-refractivity contribution is 5.56. The van der Waals surface area contributed by atoms with E-state index in [0.717, 1.165) is 24.0 Å². The molecule has 0 aromatic heterocycles. The molecule has 0 fully saturated rings. The van der Waals surface area contributed by atoms with Crippen molar-refractivity contribution in [1.82, 2.24) is 0 Å². The molecule has 0 saturated heterocycles. The molecule has 0 aliphatic carbocycles. The SMILES string of the molecule is CCc1ccc(O)c(C(c2ccccc2O)c2cc(CC)ccc2O)c1. The summed E-state index contributed by atoms with van der Waals surface area (Å²) in [7, 11) is 0. The van der Waals surface area contributed by atoms with E-state index in [1.54, 1.807) is 24.3 Å². The van der Waals surface area contributed by atoms with E-state index in [-0.39, 0.29) is 17.2 Å². The largest absolute Gasteiger partial charge is 0.508 e. The quantitative estimate of drug-likeness (QED) is 0.562. The van der Waals surface area contributed by atoms with Crippen molar-refractivity contribution in [2.75, 3.05) is 0 Å². The van der Waals surface area contributed by atoms with E-state index in [1.807, 2.05) is 36.4 Å². The molecule has 3 heteroatoms. The summed E-state index contributed by atoms with van der Waals surface area (Å²) in [5.41, 5.74) is 4.18. The number of phenolic OH excluding ortho intramolecular Hbond substituents is 3. The van der Waals surface area contributed by atoms with Gasteiger partial charge in [0.25, 0.3) is 0 Å². The van der Waals surface area contributed by atoms with E-state index in [9.17, 15) is 15.3 Å². The van der Waals surface area contributed by atoms with Gasteiger partial charge in [-0.15, -0.1) is 0 Å². The van der Waals surface area contributed by atoms with Gasteiger partial charge in [-0.2, -0.15) is 0 Å². The smallest absolute Gasteiger partial charge is 0.119 e. The summed E-state index contributed by atoms with van der Waals surface area (Å²) in [5, 5.41) is 31.6. The van der Waals surface area contributed by atoms with Crippen molar-refractivity contribution < 1.29 is 15.3 Å². The summed E-state index contributed by atoms with van der Waals surface area (Å²) in [6.45, 7) is 4.11. The third-order valence-corrected chi connectivity index (χ3v) is 4.87. The van der Waals surface area contributed by atoms with Crippen molar-refractivity contribution in [2.45, 2.75) is 32.6 Å². The number of benzene rings is 3. The van der Waals surface area contributed by atoms with Crippen molar-refractivity contribution >= 4 is 0 Å². The third kappa shape index (κ3) is 3.38. The Kier molecular flexibility index (Phi) is 5.17. The normalized spacial score (nSPS) is 11.0. The molecule has 3 aromatic carbocycles. The molecular formula is C23H24O3. The number of aryl methyl sites for hydroxylation is 2. The topological polar surface area (TPSA) is 60.7 Å². The van der Waals surface area contributed by atoms with Gasteiger partial charge in [-0.05, 0) is 42.2 Å². The third-order valence-electron chi connectivity index (χ3n) is 4.87. The van der Waals surface area contributed by atoms with E-state index < -0.39 is 5.92 Å². The van der Waals surface area contributed by atoms with Crippen LogP contribution in [0.1, 0.15) is 47.6 Å². The number of hydrogen-bond donors (Lipinski definition) is 3.